The Labute approximate surface area is 107 Å². The van der Waals surface area contributed by atoms with Gasteiger partial charge in [-0.3, -0.25) is 0 Å². The third-order valence-corrected chi connectivity index (χ3v) is 3.01. The first-order valence-corrected chi connectivity index (χ1v) is 6.50. The van der Waals surface area contributed by atoms with Crippen LogP contribution in [0.5, 0.6) is 0 Å². The van der Waals surface area contributed by atoms with Gasteiger partial charge in [0.05, 0.1) is 6.61 Å². The van der Waals surface area contributed by atoms with Crippen LogP contribution >= 0.6 is 0 Å². The summed E-state index contributed by atoms with van der Waals surface area (Å²) >= 11 is 0. The van der Waals surface area contributed by atoms with Crippen molar-refractivity contribution >= 4 is 11.6 Å². The lowest BCUT2D eigenvalue weighted by molar-refractivity contribution is 0.301. The summed E-state index contributed by atoms with van der Waals surface area (Å²) in [4.78, 5) is 11.0. The molecule has 1 aromatic heterocycles. The number of hydrogen-bond donors (Lipinski definition) is 3. The number of nitrogen functional groups attached to an aromatic ring is 1. The van der Waals surface area contributed by atoms with E-state index in [1.54, 1.807) is 0 Å². The summed E-state index contributed by atoms with van der Waals surface area (Å²) in [5.41, 5.74) is 2.59. The van der Waals surface area contributed by atoms with Crippen molar-refractivity contribution < 1.29 is 5.11 Å². The van der Waals surface area contributed by atoms with Gasteiger partial charge >= 0.3 is 0 Å². The maximum atomic E-state index is 9.12. The van der Waals surface area contributed by atoms with Crippen LogP contribution in [-0.4, -0.2) is 34.8 Å². The minimum absolute atomic E-state index is 0.119. The minimum Gasteiger partial charge on any atom is -0.395 e. The average molecular weight is 251 g/mol. The molecule has 0 aromatic carbocycles. The Balaban J connectivity index is 2.25. The third-order valence-electron chi connectivity index (χ3n) is 3.01. The van der Waals surface area contributed by atoms with Gasteiger partial charge in [-0.25, -0.2) is 15.8 Å². The van der Waals surface area contributed by atoms with E-state index < -0.39 is 0 Å². The van der Waals surface area contributed by atoms with Crippen molar-refractivity contribution in [3.8, 4) is 0 Å². The van der Waals surface area contributed by atoms with Crippen LogP contribution in [0.1, 0.15) is 37.9 Å². The fourth-order valence-corrected chi connectivity index (χ4v) is 1.94. The van der Waals surface area contributed by atoms with E-state index >= 15 is 0 Å². The number of nitrogens with zero attached hydrogens (tertiary/aromatic N) is 3. The Morgan fingerprint density at radius 1 is 1.44 bits per heavy atom. The van der Waals surface area contributed by atoms with Gasteiger partial charge in [0, 0.05) is 25.1 Å². The molecule has 1 fully saturated rings. The molecule has 18 heavy (non-hydrogen) atoms. The van der Waals surface area contributed by atoms with E-state index in [2.05, 4.69) is 27.2 Å². The number of hydrazine groups is 1. The Morgan fingerprint density at radius 3 is 2.78 bits per heavy atom. The molecule has 1 heterocycles. The molecule has 6 nitrogen and oxygen atoms in total. The van der Waals surface area contributed by atoms with Gasteiger partial charge in [0.25, 0.3) is 0 Å². The van der Waals surface area contributed by atoms with E-state index in [0.717, 1.165) is 37.4 Å². The van der Waals surface area contributed by atoms with Crippen molar-refractivity contribution in [2.24, 2.45) is 5.84 Å². The molecule has 0 aliphatic heterocycles. The number of anilines is 2. The molecule has 0 unspecified atom stereocenters. The van der Waals surface area contributed by atoms with Gasteiger partial charge in [-0.2, -0.15) is 0 Å². The maximum absolute atomic E-state index is 9.12. The van der Waals surface area contributed by atoms with Gasteiger partial charge in [-0.1, -0.05) is 6.92 Å². The van der Waals surface area contributed by atoms with Crippen molar-refractivity contribution in [2.45, 2.75) is 32.1 Å². The zero-order valence-corrected chi connectivity index (χ0v) is 10.8. The van der Waals surface area contributed by atoms with Gasteiger partial charge < -0.3 is 15.4 Å². The average Bonchev–Trinajstić information content (AvgIpc) is 3.22. The van der Waals surface area contributed by atoms with Gasteiger partial charge in [0.2, 0.25) is 0 Å². The molecule has 1 aromatic rings. The zero-order valence-electron chi connectivity index (χ0n) is 10.8. The first-order valence-electron chi connectivity index (χ1n) is 6.50. The summed E-state index contributed by atoms with van der Waals surface area (Å²) in [6, 6.07) is 1.83. The minimum atomic E-state index is 0.119. The van der Waals surface area contributed by atoms with Crippen molar-refractivity contribution in [1.82, 2.24) is 9.97 Å². The normalized spacial score (nSPS) is 14.6. The first-order chi connectivity index (χ1) is 8.78. The second-order valence-corrected chi connectivity index (χ2v) is 4.60. The second kappa shape index (κ2) is 5.97. The number of aliphatic hydroxyl groups is 1. The van der Waals surface area contributed by atoms with Gasteiger partial charge in [-0.05, 0) is 19.3 Å². The highest BCUT2D eigenvalue weighted by Crippen LogP contribution is 2.39. The molecule has 6 heteroatoms. The van der Waals surface area contributed by atoms with E-state index in [1.807, 2.05) is 6.07 Å². The number of hydrogen-bond acceptors (Lipinski definition) is 6. The summed E-state index contributed by atoms with van der Waals surface area (Å²) in [6.45, 7) is 3.67. The van der Waals surface area contributed by atoms with Crippen LogP contribution < -0.4 is 16.2 Å². The molecule has 0 bridgehead atoms. The SMILES string of the molecule is CCCN(CCO)c1cc(NN)nc(C2CC2)n1. The van der Waals surface area contributed by atoms with Crippen molar-refractivity contribution in [1.29, 1.82) is 0 Å². The summed E-state index contributed by atoms with van der Waals surface area (Å²) in [5, 5.41) is 9.12. The number of aliphatic hydroxyl groups excluding tert-OH is 1. The van der Waals surface area contributed by atoms with Crippen LogP contribution in [0.15, 0.2) is 6.07 Å². The topological polar surface area (TPSA) is 87.3 Å². The van der Waals surface area contributed by atoms with E-state index in [-0.39, 0.29) is 6.61 Å². The maximum Gasteiger partial charge on any atom is 0.145 e. The van der Waals surface area contributed by atoms with Crippen LogP contribution in [0.25, 0.3) is 0 Å². The molecule has 0 atom stereocenters. The van der Waals surface area contributed by atoms with E-state index in [1.165, 1.54) is 0 Å². The van der Waals surface area contributed by atoms with E-state index in [9.17, 15) is 0 Å². The Morgan fingerprint density at radius 2 is 2.22 bits per heavy atom. The lowest BCUT2D eigenvalue weighted by Crippen LogP contribution is -2.29. The van der Waals surface area contributed by atoms with E-state index in [0.29, 0.717) is 18.3 Å². The smallest absolute Gasteiger partial charge is 0.145 e. The highest BCUT2D eigenvalue weighted by Gasteiger charge is 2.27. The molecule has 1 aliphatic carbocycles. The highest BCUT2D eigenvalue weighted by atomic mass is 16.3. The Kier molecular flexibility index (Phi) is 4.33. The number of aromatic nitrogens is 2. The molecule has 1 aliphatic rings. The molecule has 1 saturated carbocycles. The molecule has 0 amide bonds. The van der Waals surface area contributed by atoms with Crippen LogP contribution in [0.3, 0.4) is 0 Å². The van der Waals surface area contributed by atoms with Crippen molar-refractivity contribution in [3.63, 3.8) is 0 Å². The van der Waals surface area contributed by atoms with Crippen LogP contribution in [-0.2, 0) is 0 Å². The molecule has 4 N–H and O–H groups in total. The zero-order chi connectivity index (χ0) is 13.0. The van der Waals surface area contributed by atoms with Crippen LogP contribution in [0, 0.1) is 0 Å². The molecule has 2 rings (SSSR count). The Bertz CT molecular complexity index is 388. The molecular formula is C12H21N5O. The fraction of sp³-hybridized carbons (Fsp3) is 0.667. The summed E-state index contributed by atoms with van der Waals surface area (Å²) in [6.07, 6.45) is 3.32. The molecule has 0 radical (unpaired) electrons. The second-order valence-electron chi connectivity index (χ2n) is 4.60. The number of nitrogens with one attached hydrogen (secondary N) is 1. The van der Waals surface area contributed by atoms with Crippen molar-refractivity contribution in [3.05, 3.63) is 11.9 Å². The number of nitrogens with two attached hydrogens (primary N) is 1. The van der Waals surface area contributed by atoms with Crippen LogP contribution in [0.2, 0.25) is 0 Å². The first kappa shape index (κ1) is 13.0. The summed E-state index contributed by atoms with van der Waals surface area (Å²) < 4.78 is 0. The highest BCUT2D eigenvalue weighted by molar-refractivity contribution is 5.49. The Hall–Kier alpha value is -1.40. The summed E-state index contributed by atoms with van der Waals surface area (Å²) in [5.74, 6) is 8.27. The monoisotopic (exact) mass is 251 g/mol. The predicted molar refractivity (Wildman–Crippen MR) is 71.4 cm³/mol. The molecule has 100 valence electrons. The van der Waals surface area contributed by atoms with Crippen molar-refractivity contribution in [2.75, 3.05) is 30.0 Å². The van der Waals surface area contributed by atoms with E-state index in [4.69, 9.17) is 10.9 Å². The lowest BCUT2D eigenvalue weighted by atomic mass is 10.3. The van der Waals surface area contributed by atoms with Gasteiger partial charge in [0.1, 0.15) is 17.5 Å². The molecular weight excluding hydrogens is 230 g/mol. The predicted octanol–water partition coefficient (Wildman–Crippen LogP) is 0.848. The largest absolute Gasteiger partial charge is 0.395 e. The van der Waals surface area contributed by atoms with Crippen LogP contribution in [0.4, 0.5) is 11.6 Å². The quantitative estimate of drug-likeness (QED) is 0.492. The third kappa shape index (κ3) is 3.08. The molecule has 0 saturated heterocycles. The number of rotatable bonds is 7. The fourth-order valence-electron chi connectivity index (χ4n) is 1.94. The standard InChI is InChI=1S/C12H21N5O/c1-2-5-17(6-7-18)11-8-10(16-13)14-12(15-11)9-3-4-9/h8-9,18H,2-7,13H2,1H3,(H,14,15,16). The lowest BCUT2D eigenvalue weighted by Gasteiger charge is -2.23. The molecule has 0 spiro atoms. The summed E-state index contributed by atoms with van der Waals surface area (Å²) in [7, 11) is 0. The van der Waals surface area contributed by atoms with Gasteiger partial charge in [-0.15, -0.1) is 0 Å². The van der Waals surface area contributed by atoms with Gasteiger partial charge in [0.15, 0.2) is 0 Å².